The summed E-state index contributed by atoms with van der Waals surface area (Å²) in [6, 6.07) is 1.49. The lowest BCUT2D eigenvalue weighted by Gasteiger charge is -2.38. The van der Waals surface area contributed by atoms with Gasteiger partial charge in [-0.2, -0.15) is 0 Å². The van der Waals surface area contributed by atoms with Gasteiger partial charge in [0.05, 0.1) is 25.0 Å². The van der Waals surface area contributed by atoms with Gasteiger partial charge in [0.2, 0.25) is 0 Å². The molecule has 0 spiro atoms. The van der Waals surface area contributed by atoms with Crippen molar-refractivity contribution < 1.29 is 14.6 Å². The van der Waals surface area contributed by atoms with E-state index >= 15 is 0 Å². The number of hydrogen-bond acceptors (Lipinski definition) is 4. The summed E-state index contributed by atoms with van der Waals surface area (Å²) in [6.07, 6.45) is 2.73. The molecular weight excluding hydrogens is 208 g/mol. The zero-order valence-electron chi connectivity index (χ0n) is 9.06. The first-order chi connectivity index (χ1) is 7.61. The summed E-state index contributed by atoms with van der Waals surface area (Å²) in [7, 11) is 0. The number of pyridine rings is 1. The third kappa shape index (κ3) is 2.14. The number of aromatic hydroxyl groups is 1. The lowest BCUT2D eigenvalue weighted by molar-refractivity contribution is -0.0978. The number of rotatable bonds is 3. The molecule has 0 saturated carbocycles. The first-order valence-corrected chi connectivity index (χ1v) is 5.10. The molecule has 5 heteroatoms. The van der Waals surface area contributed by atoms with E-state index in [4.69, 9.17) is 4.74 Å². The van der Waals surface area contributed by atoms with E-state index in [-0.39, 0.29) is 22.6 Å². The molecule has 1 aliphatic rings. The first kappa shape index (κ1) is 10.9. The molecule has 1 aliphatic heterocycles. The average Bonchev–Trinajstić information content (AvgIpc) is 2.24. The van der Waals surface area contributed by atoms with Gasteiger partial charge in [0.25, 0.3) is 5.91 Å². The van der Waals surface area contributed by atoms with Crippen molar-refractivity contribution in [1.29, 1.82) is 0 Å². The van der Waals surface area contributed by atoms with E-state index in [1.54, 1.807) is 0 Å². The molecule has 2 heterocycles. The Kier molecular flexibility index (Phi) is 2.78. The average molecular weight is 222 g/mol. The molecule has 0 atom stereocenters. The minimum absolute atomic E-state index is 0.0261. The SMILES string of the molecule is CC1(CNC(=O)c2ccncc2O)COC1. The predicted molar refractivity (Wildman–Crippen MR) is 57.2 cm³/mol. The molecule has 2 rings (SSSR count). The van der Waals surface area contributed by atoms with Crippen molar-refractivity contribution in [2.75, 3.05) is 19.8 Å². The highest BCUT2D eigenvalue weighted by Gasteiger charge is 2.33. The maximum absolute atomic E-state index is 11.7. The summed E-state index contributed by atoms with van der Waals surface area (Å²) in [5, 5.41) is 12.2. The Balaban J connectivity index is 1.96. The van der Waals surface area contributed by atoms with Gasteiger partial charge in [-0.05, 0) is 6.07 Å². The molecule has 0 aromatic carbocycles. The molecule has 0 bridgehead atoms. The third-order valence-corrected chi connectivity index (χ3v) is 2.62. The van der Waals surface area contributed by atoms with Gasteiger partial charge in [-0.1, -0.05) is 6.92 Å². The molecule has 16 heavy (non-hydrogen) atoms. The topological polar surface area (TPSA) is 71.5 Å². The molecule has 1 amide bonds. The van der Waals surface area contributed by atoms with Crippen LogP contribution >= 0.6 is 0 Å². The van der Waals surface area contributed by atoms with Crippen LogP contribution in [0.4, 0.5) is 0 Å². The van der Waals surface area contributed by atoms with E-state index in [1.807, 2.05) is 6.92 Å². The summed E-state index contributed by atoms with van der Waals surface area (Å²) in [5.41, 5.74) is 0.275. The number of amides is 1. The number of nitrogens with one attached hydrogen (secondary N) is 1. The van der Waals surface area contributed by atoms with Gasteiger partial charge in [-0.3, -0.25) is 9.78 Å². The van der Waals surface area contributed by atoms with Crippen molar-refractivity contribution in [3.8, 4) is 5.75 Å². The van der Waals surface area contributed by atoms with Crippen LogP contribution in [-0.4, -0.2) is 35.8 Å². The monoisotopic (exact) mass is 222 g/mol. The Morgan fingerprint density at radius 3 is 3.00 bits per heavy atom. The molecule has 1 aromatic rings. The summed E-state index contributed by atoms with van der Waals surface area (Å²) in [6.45, 7) is 3.92. The van der Waals surface area contributed by atoms with E-state index in [0.29, 0.717) is 19.8 Å². The first-order valence-electron chi connectivity index (χ1n) is 5.10. The molecule has 0 unspecified atom stereocenters. The van der Waals surface area contributed by atoms with Crippen molar-refractivity contribution in [3.63, 3.8) is 0 Å². The van der Waals surface area contributed by atoms with Crippen LogP contribution in [0.15, 0.2) is 18.5 Å². The largest absolute Gasteiger partial charge is 0.505 e. The van der Waals surface area contributed by atoms with Gasteiger partial charge in [-0.15, -0.1) is 0 Å². The lowest BCUT2D eigenvalue weighted by Crippen LogP contribution is -2.48. The Hall–Kier alpha value is -1.62. The highest BCUT2D eigenvalue weighted by molar-refractivity contribution is 5.96. The zero-order valence-corrected chi connectivity index (χ0v) is 9.06. The summed E-state index contributed by atoms with van der Waals surface area (Å²) in [5.74, 6) is -0.386. The van der Waals surface area contributed by atoms with Gasteiger partial charge in [0.15, 0.2) is 0 Å². The van der Waals surface area contributed by atoms with Crippen LogP contribution in [0, 0.1) is 5.41 Å². The van der Waals surface area contributed by atoms with Crippen molar-refractivity contribution in [1.82, 2.24) is 10.3 Å². The fraction of sp³-hybridized carbons (Fsp3) is 0.455. The Bertz CT molecular complexity index is 402. The minimum atomic E-state index is -0.284. The van der Waals surface area contributed by atoms with Gasteiger partial charge >= 0.3 is 0 Å². The molecule has 0 aliphatic carbocycles. The second kappa shape index (κ2) is 4.09. The summed E-state index contributed by atoms with van der Waals surface area (Å²) >= 11 is 0. The fourth-order valence-corrected chi connectivity index (χ4v) is 1.52. The summed E-state index contributed by atoms with van der Waals surface area (Å²) < 4.78 is 5.09. The van der Waals surface area contributed by atoms with Crippen molar-refractivity contribution in [2.45, 2.75) is 6.92 Å². The standard InChI is InChI=1S/C11H14N2O3/c1-11(6-16-7-11)5-13-10(15)8-2-3-12-4-9(8)14/h2-4,14H,5-7H2,1H3,(H,13,15). The summed E-state index contributed by atoms with van der Waals surface area (Å²) in [4.78, 5) is 15.4. The van der Waals surface area contributed by atoms with Crippen molar-refractivity contribution in [3.05, 3.63) is 24.0 Å². The molecule has 1 fully saturated rings. The van der Waals surface area contributed by atoms with E-state index < -0.39 is 0 Å². The number of aromatic nitrogens is 1. The zero-order chi connectivity index (χ0) is 11.6. The number of carbonyl (C=O) groups is 1. The normalized spacial score (nSPS) is 17.6. The van der Waals surface area contributed by atoms with Gasteiger partial charge in [-0.25, -0.2) is 0 Å². The smallest absolute Gasteiger partial charge is 0.255 e. The van der Waals surface area contributed by atoms with Crippen LogP contribution in [-0.2, 0) is 4.74 Å². The van der Waals surface area contributed by atoms with E-state index in [9.17, 15) is 9.90 Å². The second-order valence-electron chi connectivity index (χ2n) is 4.38. The Morgan fingerprint density at radius 2 is 2.44 bits per heavy atom. The van der Waals surface area contributed by atoms with Crippen LogP contribution in [0.3, 0.4) is 0 Å². The van der Waals surface area contributed by atoms with Gasteiger partial charge in [0.1, 0.15) is 5.75 Å². The molecule has 1 aromatic heterocycles. The quantitative estimate of drug-likeness (QED) is 0.783. The lowest BCUT2D eigenvalue weighted by atomic mass is 9.88. The van der Waals surface area contributed by atoms with E-state index in [1.165, 1.54) is 18.5 Å². The highest BCUT2D eigenvalue weighted by atomic mass is 16.5. The van der Waals surface area contributed by atoms with Gasteiger partial charge in [0, 0.05) is 18.2 Å². The molecule has 0 radical (unpaired) electrons. The number of carbonyl (C=O) groups excluding carboxylic acids is 1. The van der Waals surface area contributed by atoms with Crippen LogP contribution in [0.1, 0.15) is 17.3 Å². The van der Waals surface area contributed by atoms with Crippen LogP contribution < -0.4 is 5.32 Å². The van der Waals surface area contributed by atoms with E-state index in [2.05, 4.69) is 10.3 Å². The predicted octanol–water partition coefficient (Wildman–Crippen LogP) is 0.554. The maximum atomic E-state index is 11.7. The molecule has 86 valence electrons. The third-order valence-electron chi connectivity index (χ3n) is 2.62. The van der Waals surface area contributed by atoms with Crippen molar-refractivity contribution >= 4 is 5.91 Å². The van der Waals surface area contributed by atoms with Gasteiger partial charge < -0.3 is 15.2 Å². The number of hydrogen-bond donors (Lipinski definition) is 2. The molecular formula is C11H14N2O3. The highest BCUT2D eigenvalue weighted by Crippen LogP contribution is 2.25. The minimum Gasteiger partial charge on any atom is -0.505 e. The number of nitrogens with zero attached hydrogens (tertiary/aromatic N) is 1. The molecule has 5 nitrogen and oxygen atoms in total. The van der Waals surface area contributed by atoms with Crippen LogP contribution in [0.25, 0.3) is 0 Å². The fourth-order valence-electron chi connectivity index (χ4n) is 1.52. The van der Waals surface area contributed by atoms with Crippen LogP contribution in [0.5, 0.6) is 5.75 Å². The second-order valence-corrected chi connectivity index (χ2v) is 4.38. The Morgan fingerprint density at radius 1 is 1.69 bits per heavy atom. The van der Waals surface area contributed by atoms with Crippen LogP contribution in [0.2, 0.25) is 0 Å². The maximum Gasteiger partial charge on any atom is 0.255 e. The number of ether oxygens (including phenoxy) is 1. The molecule has 2 N–H and O–H groups in total. The molecule has 1 saturated heterocycles. The Labute approximate surface area is 93.5 Å². The van der Waals surface area contributed by atoms with Crippen molar-refractivity contribution in [2.24, 2.45) is 5.41 Å². The van der Waals surface area contributed by atoms with E-state index in [0.717, 1.165) is 0 Å².